The molecule has 0 heterocycles. The molecule has 0 bridgehead atoms. The van der Waals surface area contributed by atoms with Gasteiger partial charge in [0.2, 0.25) is 0 Å². The van der Waals surface area contributed by atoms with E-state index >= 15 is 0 Å². The number of hydrogen-bond acceptors (Lipinski definition) is 3. The van der Waals surface area contributed by atoms with Crippen molar-refractivity contribution in [2.24, 2.45) is 5.92 Å². The second-order valence-electron chi connectivity index (χ2n) is 4.14. The maximum atomic E-state index is 10.8. The monoisotopic (exact) mass is 221 g/mol. The molecule has 0 fully saturated rings. The largest absolute Gasteiger partial charge is 0.378 e. The van der Waals surface area contributed by atoms with Crippen molar-refractivity contribution in [3.63, 3.8) is 0 Å². The van der Waals surface area contributed by atoms with Crippen LogP contribution in [0.25, 0.3) is 0 Å². The van der Waals surface area contributed by atoms with Gasteiger partial charge in [-0.2, -0.15) is 0 Å². The topological polar surface area (TPSA) is 29.5 Å². The van der Waals surface area contributed by atoms with Crippen LogP contribution in [0.4, 0.5) is 5.69 Å². The molecule has 0 aliphatic rings. The fourth-order valence-corrected chi connectivity index (χ4v) is 1.69. The van der Waals surface area contributed by atoms with Crippen LogP contribution in [0.5, 0.6) is 0 Å². The molecule has 3 nitrogen and oxygen atoms in total. The van der Waals surface area contributed by atoms with E-state index in [4.69, 9.17) is 4.74 Å². The van der Waals surface area contributed by atoms with Crippen molar-refractivity contribution in [3.05, 3.63) is 29.8 Å². The van der Waals surface area contributed by atoms with Crippen molar-refractivity contribution in [2.75, 3.05) is 26.1 Å². The molecular formula is C13H19NO2. The molecule has 88 valence electrons. The van der Waals surface area contributed by atoms with Gasteiger partial charge in [-0.1, -0.05) is 19.1 Å². The van der Waals surface area contributed by atoms with Crippen molar-refractivity contribution in [2.45, 2.75) is 13.0 Å². The summed E-state index contributed by atoms with van der Waals surface area (Å²) in [6.07, 6.45) is 0.766. The van der Waals surface area contributed by atoms with Crippen LogP contribution in [-0.4, -0.2) is 27.5 Å². The summed E-state index contributed by atoms with van der Waals surface area (Å²) in [6.45, 7) is 1.86. The average Bonchev–Trinajstić information content (AvgIpc) is 2.30. The van der Waals surface area contributed by atoms with Crippen LogP contribution in [0.3, 0.4) is 0 Å². The van der Waals surface area contributed by atoms with Gasteiger partial charge in [0.25, 0.3) is 0 Å². The molecule has 0 N–H and O–H groups in total. The maximum Gasteiger partial charge on any atom is 0.125 e. The lowest BCUT2D eigenvalue weighted by atomic mass is 9.98. The van der Waals surface area contributed by atoms with E-state index in [0.29, 0.717) is 0 Å². The third-order valence-corrected chi connectivity index (χ3v) is 2.68. The molecule has 0 aromatic heterocycles. The number of rotatable bonds is 5. The molecule has 1 aromatic rings. The number of aldehydes is 1. The number of anilines is 1. The molecule has 0 saturated heterocycles. The Morgan fingerprint density at radius 3 is 2.19 bits per heavy atom. The first-order valence-electron chi connectivity index (χ1n) is 5.35. The van der Waals surface area contributed by atoms with Gasteiger partial charge in [0.15, 0.2) is 0 Å². The zero-order valence-corrected chi connectivity index (χ0v) is 10.3. The highest BCUT2D eigenvalue weighted by Crippen LogP contribution is 2.25. The maximum absolute atomic E-state index is 10.8. The number of carbonyl (C=O) groups is 1. The smallest absolute Gasteiger partial charge is 0.125 e. The SMILES string of the molecule is CO[C@@H](c1ccc(N(C)C)cc1)[C@H](C)C=O. The zero-order chi connectivity index (χ0) is 12.1. The summed E-state index contributed by atoms with van der Waals surface area (Å²) in [5.74, 6) is -0.129. The minimum Gasteiger partial charge on any atom is -0.378 e. The van der Waals surface area contributed by atoms with E-state index < -0.39 is 0 Å². The number of carbonyl (C=O) groups excluding carboxylic acids is 1. The van der Waals surface area contributed by atoms with Crippen LogP contribution in [0.15, 0.2) is 24.3 Å². The third-order valence-electron chi connectivity index (χ3n) is 2.68. The molecule has 1 rings (SSSR count). The van der Waals surface area contributed by atoms with Gasteiger partial charge in [0.1, 0.15) is 6.29 Å². The van der Waals surface area contributed by atoms with Crippen LogP contribution in [0.1, 0.15) is 18.6 Å². The predicted octanol–water partition coefficient (Wildman–Crippen LogP) is 2.28. The van der Waals surface area contributed by atoms with Crippen molar-refractivity contribution >= 4 is 12.0 Å². The molecule has 0 saturated carbocycles. The van der Waals surface area contributed by atoms with Crippen molar-refractivity contribution in [3.8, 4) is 0 Å². The number of nitrogens with zero attached hydrogens (tertiary/aromatic N) is 1. The minimum absolute atomic E-state index is 0.129. The Labute approximate surface area is 97.0 Å². The van der Waals surface area contributed by atoms with Crippen LogP contribution in [0.2, 0.25) is 0 Å². The van der Waals surface area contributed by atoms with Gasteiger partial charge in [0, 0.05) is 32.8 Å². The van der Waals surface area contributed by atoms with Crippen LogP contribution >= 0.6 is 0 Å². The number of hydrogen-bond donors (Lipinski definition) is 0. The number of methoxy groups -OCH3 is 1. The Morgan fingerprint density at radius 1 is 1.25 bits per heavy atom. The molecule has 0 aliphatic heterocycles. The summed E-state index contributed by atoms with van der Waals surface area (Å²) in [7, 11) is 5.62. The fraction of sp³-hybridized carbons (Fsp3) is 0.462. The molecule has 3 heteroatoms. The highest BCUT2D eigenvalue weighted by molar-refractivity contribution is 5.55. The first-order valence-corrected chi connectivity index (χ1v) is 5.35. The summed E-state index contributed by atoms with van der Waals surface area (Å²) in [5.41, 5.74) is 2.17. The predicted molar refractivity (Wildman–Crippen MR) is 65.7 cm³/mol. The normalized spacial score (nSPS) is 14.2. The van der Waals surface area contributed by atoms with Crippen molar-refractivity contribution in [1.82, 2.24) is 0 Å². The lowest BCUT2D eigenvalue weighted by Crippen LogP contribution is -2.14. The van der Waals surface area contributed by atoms with Gasteiger partial charge in [-0.25, -0.2) is 0 Å². The van der Waals surface area contributed by atoms with Crippen LogP contribution in [0, 0.1) is 5.92 Å². The van der Waals surface area contributed by atoms with E-state index in [2.05, 4.69) is 0 Å². The zero-order valence-electron chi connectivity index (χ0n) is 10.3. The number of benzene rings is 1. The highest BCUT2D eigenvalue weighted by Gasteiger charge is 2.17. The lowest BCUT2D eigenvalue weighted by Gasteiger charge is -2.20. The number of ether oxygens (including phenoxy) is 1. The first-order chi connectivity index (χ1) is 7.60. The summed E-state index contributed by atoms with van der Waals surface area (Å²) in [5, 5.41) is 0. The Bertz CT molecular complexity index is 332. The molecule has 0 radical (unpaired) electrons. The second kappa shape index (κ2) is 5.66. The second-order valence-corrected chi connectivity index (χ2v) is 4.14. The summed E-state index contributed by atoms with van der Waals surface area (Å²) >= 11 is 0. The Morgan fingerprint density at radius 2 is 1.81 bits per heavy atom. The van der Waals surface area contributed by atoms with Crippen molar-refractivity contribution in [1.29, 1.82) is 0 Å². The lowest BCUT2D eigenvalue weighted by molar-refractivity contribution is -0.114. The van der Waals surface area contributed by atoms with Gasteiger partial charge >= 0.3 is 0 Å². The van der Waals surface area contributed by atoms with E-state index in [1.54, 1.807) is 7.11 Å². The van der Waals surface area contributed by atoms with E-state index in [-0.39, 0.29) is 12.0 Å². The molecule has 16 heavy (non-hydrogen) atoms. The molecule has 0 amide bonds. The molecule has 0 spiro atoms. The Balaban J connectivity index is 2.90. The molecular weight excluding hydrogens is 202 g/mol. The van der Waals surface area contributed by atoms with Crippen LogP contribution in [-0.2, 0) is 9.53 Å². The molecule has 0 aliphatic carbocycles. The van der Waals surface area contributed by atoms with Crippen molar-refractivity contribution < 1.29 is 9.53 Å². The first kappa shape index (κ1) is 12.7. The van der Waals surface area contributed by atoms with Gasteiger partial charge in [-0.05, 0) is 17.7 Å². The van der Waals surface area contributed by atoms with E-state index in [0.717, 1.165) is 17.5 Å². The van der Waals surface area contributed by atoms with Crippen LogP contribution < -0.4 is 4.90 Å². The summed E-state index contributed by atoms with van der Waals surface area (Å²) < 4.78 is 5.34. The van der Waals surface area contributed by atoms with E-state index in [1.165, 1.54) is 0 Å². The Kier molecular flexibility index (Phi) is 4.50. The van der Waals surface area contributed by atoms with E-state index in [9.17, 15) is 4.79 Å². The third kappa shape index (κ3) is 2.83. The average molecular weight is 221 g/mol. The van der Waals surface area contributed by atoms with Gasteiger partial charge in [0.05, 0.1) is 6.10 Å². The molecule has 0 unspecified atom stereocenters. The molecule has 2 atom stereocenters. The minimum atomic E-state index is -0.159. The standard InChI is InChI=1S/C13H19NO2/c1-10(9-15)13(16-4)11-5-7-12(8-6-11)14(2)3/h5-10,13H,1-4H3/t10-,13-/m1/s1. The van der Waals surface area contributed by atoms with E-state index in [1.807, 2.05) is 50.2 Å². The quantitative estimate of drug-likeness (QED) is 0.714. The van der Waals surface area contributed by atoms with Gasteiger partial charge in [-0.3, -0.25) is 0 Å². The summed E-state index contributed by atoms with van der Waals surface area (Å²) in [4.78, 5) is 12.8. The Hall–Kier alpha value is -1.35. The highest BCUT2D eigenvalue weighted by atomic mass is 16.5. The fourth-order valence-electron chi connectivity index (χ4n) is 1.69. The summed E-state index contributed by atoms with van der Waals surface area (Å²) in [6, 6.07) is 8.06. The van der Waals surface area contributed by atoms with Gasteiger partial charge < -0.3 is 14.4 Å². The molecule has 1 aromatic carbocycles. The van der Waals surface area contributed by atoms with Gasteiger partial charge in [-0.15, -0.1) is 0 Å².